The van der Waals surface area contributed by atoms with E-state index < -0.39 is 0 Å². The smallest absolute Gasteiger partial charge is 0.222 e. The third kappa shape index (κ3) is 5.73. The summed E-state index contributed by atoms with van der Waals surface area (Å²) >= 11 is 1.99. The van der Waals surface area contributed by atoms with Crippen molar-refractivity contribution in [2.75, 3.05) is 45.9 Å². The topological polar surface area (TPSA) is 32.8 Å². The molecule has 0 aromatic heterocycles. The van der Waals surface area contributed by atoms with Gasteiger partial charge in [-0.2, -0.15) is 0 Å². The number of thioether (sulfide) groups is 1. The van der Waals surface area contributed by atoms with Crippen molar-refractivity contribution in [1.82, 2.24) is 9.80 Å². The van der Waals surface area contributed by atoms with Crippen molar-refractivity contribution in [3.05, 3.63) is 29.8 Å². The van der Waals surface area contributed by atoms with Crippen molar-refractivity contribution in [2.45, 2.75) is 42.8 Å². The number of ether oxygens (including phenoxy) is 1. The Hall–Kier alpha value is -1.04. The number of carbonyl (C=O) groups excluding carboxylic acids is 1. The lowest BCUT2D eigenvalue weighted by Crippen LogP contribution is -2.40. The maximum atomic E-state index is 12.4. The lowest BCUT2D eigenvalue weighted by atomic mass is 10.1. The van der Waals surface area contributed by atoms with Gasteiger partial charge in [0.1, 0.15) is 0 Å². The molecule has 4 nitrogen and oxygen atoms in total. The van der Waals surface area contributed by atoms with Gasteiger partial charge in [0.15, 0.2) is 0 Å². The largest absolute Gasteiger partial charge is 0.379 e. The molecule has 3 rings (SSSR count). The summed E-state index contributed by atoms with van der Waals surface area (Å²) in [6, 6.07) is 8.60. The number of amides is 1. The van der Waals surface area contributed by atoms with E-state index in [-0.39, 0.29) is 0 Å². The van der Waals surface area contributed by atoms with Gasteiger partial charge in [0.05, 0.1) is 13.2 Å². The van der Waals surface area contributed by atoms with Gasteiger partial charge in [-0.15, -0.1) is 11.8 Å². The van der Waals surface area contributed by atoms with Crippen LogP contribution in [0.5, 0.6) is 0 Å². The quantitative estimate of drug-likeness (QED) is 0.778. The number of hydrogen-bond acceptors (Lipinski definition) is 4. The fourth-order valence-corrected chi connectivity index (χ4v) is 4.74. The molecule has 2 aliphatic heterocycles. The zero-order valence-corrected chi connectivity index (χ0v) is 16.1. The first-order valence-electron chi connectivity index (χ1n) is 9.52. The Morgan fingerprint density at radius 2 is 1.88 bits per heavy atom. The second-order valence-electron chi connectivity index (χ2n) is 7.02. The fourth-order valence-electron chi connectivity index (χ4n) is 3.53. The number of morpholine rings is 1. The van der Waals surface area contributed by atoms with E-state index in [1.54, 1.807) is 0 Å². The van der Waals surface area contributed by atoms with Gasteiger partial charge in [0.2, 0.25) is 5.91 Å². The van der Waals surface area contributed by atoms with Crippen molar-refractivity contribution in [3.63, 3.8) is 0 Å². The molecule has 0 saturated carbocycles. The maximum Gasteiger partial charge on any atom is 0.222 e. The molecule has 2 saturated heterocycles. The monoisotopic (exact) mass is 362 g/mol. The molecule has 1 amide bonds. The molecule has 2 fully saturated rings. The molecule has 0 bridgehead atoms. The van der Waals surface area contributed by atoms with E-state index in [4.69, 9.17) is 4.74 Å². The minimum atomic E-state index is 0.340. The Morgan fingerprint density at radius 1 is 1.16 bits per heavy atom. The second kappa shape index (κ2) is 9.60. The van der Waals surface area contributed by atoms with Crippen LogP contribution in [0.2, 0.25) is 0 Å². The van der Waals surface area contributed by atoms with Crippen molar-refractivity contribution in [3.8, 4) is 0 Å². The summed E-state index contributed by atoms with van der Waals surface area (Å²) < 4.78 is 5.36. The highest BCUT2D eigenvalue weighted by Gasteiger charge is 2.23. The van der Waals surface area contributed by atoms with Crippen LogP contribution >= 0.6 is 11.8 Å². The van der Waals surface area contributed by atoms with Crippen LogP contribution < -0.4 is 0 Å². The van der Waals surface area contributed by atoms with Gasteiger partial charge in [-0.3, -0.25) is 9.69 Å². The van der Waals surface area contributed by atoms with E-state index in [0.29, 0.717) is 17.6 Å². The highest BCUT2D eigenvalue weighted by molar-refractivity contribution is 8.00. The van der Waals surface area contributed by atoms with Gasteiger partial charge >= 0.3 is 0 Å². The van der Waals surface area contributed by atoms with Crippen LogP contribution in [0, 0.1) is 6.92 Å². The Labute approximate surface area is 155 Å². The van der Waals surface area contributed by atoms with E-state index >= 15 is 0 Å². The Kier molecular flexibility index (Phi) is 7.20. The SMILES string of the molecule is Cc1ccccc1SC1CCN(C(=O)CCCN2CCOCC2)CC1. The lowest BCUT2D eigenvalue weighted by molar-refractivity contribution is -0.132. The van der Waals surface area contributed by atoms with E-state index in [1.165, 1.54) is 10.5 Å². The fraction of sp³-hybridized carbons (Fsp3) is 0.650. The molecule has 0 radical (unpaired) electrons. The number of piperidine rings is 1. The minimum absolute atomic E-state index is 0.340. The summed E-state index contributed by atoms with van der Waals surface area (Å²) in [6.45, 7) is 8.72. The molecular formula is C20H30N2O2S. The summed E-state index contributed by atoms with van der Waals surface area (Å²) in [4.78, 5) is 18.3. The number of nitrogens with zero attached hydrogens (tertiary/aromatic N) is 2. The molecule has 25 heavy (non-hydrogen) atoms. The molecular weight excluding hydrogens is 332 g/mol. The summed E-state index contributed by atoms with van der Waals surface area (Å²) in [7, 11) is 0. The van der Waals surface area contributed by atoms with E-state index in [2.05, 4.69) is 41.0 Å². The van der Waals surface area contributed by atoms with Gasteiger partial charge < -0.3 is 9.64 Å². The third-order valence-electron chi connectivity index (χ3n) is 5.15. The number of benzene rings is 1. The predicted octanol–water partition coefficient (Wildman–Crippen LogP) is 3.19. The molecule has 138 valence electrons. The Balaban J connectivity index is 1.35. The summed E-state index contributed by atoms with van der Waals surface area (Å²) in [5.41, 5.74) is 1.36. The summed E-state index contributed by atoms with van der Waals surface area (Å²) in [5, 5.41) is 0.637. The van der Waals surface area contributed by atoms with Gasteiger partial charge in [-0.1, -0.05) is 18.2 Å². The first-order chi connectivity index (χ1) is 12.2. The van der Waals surface area contributed by atoms with E-state index in [1.807, 2.05) is 11.8 Å². The molecule has 2 heterocycles. The van der Waals surface area contributed by atoms with Crippen LogP contribution in [0.1, 0.15) is 31.2 Å². The van der Waals surface area contributed by atoms with Crippen molar-refractivity contribution in [2.24, 2.45) is 0 Å². The average Bonchev–Trinajstić information content (AvgIpc) is 2.65. The molecule has 5 heteroatoms. The number of hydrogen-bond donors (Lipinski definition) is 0. The molecule has 0 aliphatic carbocycles. The van der Waals surface area contributed by atoms with Crippen LogP contribution in [0.3, 0.4) is 0 Å². The van der Waals surface area contributed by atoms with Crippen LogP contribution in [0.15, 0.2) is 29.2 Å². The van der Waals surface area contributed by atoms with Crippen LogP contribution in [0.25, 0.3) is 0 Å². The third-order valence-corrected chi connectivity index (χ3v) is 6.67. The van der Waals surface area contributed by atoms with Gasteiger partial charge in [-0.25, -0.2) is 0 Å². The molecule has 0 N–H and O–H groups in total. The van der Waals surface area contributed by atoms with Gasteiger partial charge in [-0.05, 0) is 44.4 Å². The number of likely N-dealkylation sites (tertiary alicyclic amines) is 1. The molecule has 1 aromatic rings. The van der Waals surface area contributed by atoms with E-state index in [9.17, 15) is 4.79 Å². The molecule has 2 aliphatic rings. The Morgan fingerprint density at radius 3 is 2.60 bits per heavy atom. The van der Waals surface area contributed by atoms with Crippen LogP contribution in [-0.2, 0) is 9.53 Å². The highest BCUT2D eigenvalue weighted by Crippen LogP contribution is 2.32. The maximum absolute atomic E-state index is 12.4. The first-order valence-corrected chi connectivity index (χ1v) is 10.4. The highest BCUT2D eigenvalue weighted by atomic mass is 32.2. The molecule has 1 aromatic carbocycles. The number of rotatable bonds is 6. The zero-order valence-electron chi connectivity index (χ0n) is 15.3. The Bertz CT molecular complexity index is 552. The molecule has 0 atom stereocenters. The van der Waals surface area contributed by atoms with Crippen molar-refractivity contribution < 1.29 is 9.53 Å². The van der Waals surface area contributed by atoms with E-state index in [0.717, 1.165) is 65.2 Å². The summed E-state index contributed by atoms with van der Waals surface area (Å²) in [6.07, 6.45) is 3.87. The standard InChI is InChI=1S/C20H30N2O2S/c1-17-5-2-3-6-19(17)25-18-8-11-22(12-9-18)20(23)7-4-10-21-13-15-24-16-14-21/h2-3,5-6,18H,4,7-16H2,1H3. The first kappa shape index (κ1) is 18.7. The van der Waals surface area contributed by atoms with Gasteiger partial charge in [0.25, 0.3) is 0 Å². The molecule has 0 spiro atoms. The average molecular weight is 363 g/mol. The minimum Gasteiger partial charge on any atom is -0.379 e. The van der Waals surface area contributed by atoms with Crippen LogP contribution in [0.4, 0.5) is 0 Å². The van der Waals surface area contributed by atoms with Gasteiger partial charge in [0, 0.05) is 42.7 Å². The normalized spacial score (nSPS) is 20.0. The van der Waals surface area contributed by atoms with Crippen molar-refractivity contribution >= 4 is 17.7 Å². The second-order valence-corrected chi connectivity index (χ2v) is 8.36. The summed E-state index contributed by atoms with van der Waals surface area (Å²) in [5.74, 6) is 0.340. The molecule has 0 unspecified atom stereocenters. The predicted molar refractivity (Wildman–Crippen MR) is 103 cm³/mol. The van der Waals surface area contributed by atoms with Crippen LogP contribution in [-0.4, -0.2) is 66.9 Å². The zero-order chi connectivity index (χ0) is 17.5. The number of carbonyl (C=O) groups is 1. The number of aryl methyl sites for hydroxylation is 1. The lowest BCUT2D eigenvalue weighted by Gasteiger charge is -2.32. The van der Waals surface area contributed by atoms with Crippen molar-refractivity contribution in [1.29, 1.82) is 0 Å².